The highest BCUT2D eigenvalue weighted by molar-refractivity contribution is 7.15. The molecule has 2 aromatic rings. The van der Waals surface area contributed by atoms with Crippen LogP contribution in [0, 0.1) is 0 Å². The van der Waals surface area contributed by atoms with Crippen molar-refractivity contribution in [2.24, 2.45) is 0 Å². The number of halogens is 2. The third-order valence-corrected chi connectivity index (χ3v) is 4.45. The van der Waals surface area contributed by atoms with Crippen LogP contribution in [0.1, 0.15) is 35.3 Å². The van der Waals surface area contributed by atoms with Gasteiger partial charge in [-0.25, -0.2) is 9.78 Å². The summed E-state index contributed by atoms with van der Waals surface area (Å²) in [6.45, 7) is 3.94. The topological polar surface area (TPSA) is 50.2 Å². The van der Waals surface area contributed by atoms with Gasteiger partial charge in [0.15, 0.2) is 5.69 Å². The van der Waals surface area contributed by atoms with Gasteiger partial charge in [-0.15, -0.1) is 11.3 Å². The number of thiazole rings is 1. The molecule has 6 heteroatoms. The summed E-state index contributed by atoms with van der Waals surface area (Å²) in [5.74, 6) is -0.882. The minimum Gasteiger partial charge on any atom is -0.476 e. The summed E-state index contributed by atoms with van der Waals surface area (Å²) in [5.41, 5.74) is 0.686. The number of carbonyl (C=O) groups is 1. The van der Waals surface area contributed by atoms with Crippen LogP contribution in [0.25, 0.3) is 10.4 Å². The monoisotopic (exact) mass is 315 g/mol. The van der Waals surface area contributed by atoms with Crippen molar-refractivity contribution >= 4 is 40.5 Å². The van der Waals surface area contributed by atoms with Gasteiger partial charge >= 0.3 is 5.97 Å². The van der Waals surface area contributed by atoms with E-state index in [2.05, 4.69) is 4.98 Å². The molecule has 0 aliphatic rings. The van der Waals surface area contributed by atoms with Crippen molar-refractivity contribution in [3.8, 4) is 10.4 Å². The summed E-state index contributed by atoms with van der Waals surface area (Å²) >= 11 is 13.3. The average Bonchev–Trinajstić information content (AvgIpc) is 2.73. The number of nitrogens with zero attached hydrogens (tertiary/aromatic N) is 1. The second-order valence-corrected chi connectivity index (χ2v) is 6.19. The Kier molecular flexibility index (Phi) is 4.13. The zero-order valence-corrected chi connectivity index (χ0v) is 12.6. The maximum absolute atomic E-state index is 11.3. The van der Waals surface area contributed by atoms with Crippen LogP contribution < -0.4 is 0 Å². The van der Waals surface area contributed by atoms with Crippen LogP contribution in [-0.4, -0.2) is 16.1 Å². The molecule has 0 bridgehead atoms. The standard InChI is InChI=1S/C13H11Cl2NO2S/c1-6(2)12-16-10(13(17)18)11(19-12)8-4-3-7(14)5-9(8)15/h3-6H,1-2H3,(H,17,18). The van der Waals surface area contributed by atoms with Gasteiger partial charge in [0.25, 0.3) is 0 Å². The highest BCUT2D eigenvalue weighted by Gasteiger charge is 2.21. The highest BCUT2D eigenvalue weighted by Crippen LogP contribution is 2.38. The summed E-state index contributed by atoms with van der Waals surface area (Å²) in [4.78, 5) is 16.0. The molecule has 0 aliphatic heterocycles. The third kappa shape index (κ3) is 2.91. The van der Waals surface area contributed by atoms with Crippen molar-refractivity contribution in [3.05, 3.63) is 38.9 Å². The van der Waals surface area contributed by atoms with Crippen LogP contribution >= 0.6 is 34.5 Å². The molecular formula is C13H11Cl2NO2S. The van der Waals surface area contributed by atoms with E-state index in [9.17, 15) is 9.90 Å². The van der Waals surface area contributed by atoms with Gasteiger partial charge in [-0.2, -0.15) is 0 Å². The van der Waals surface area contributed by atoms with Crippen LogP contribution in [0.5, 0.6) is 0 Å². The van der Waals surface area contributed by atoms with E-state index in [1.807, 2.05) is 13.8 Å². The lowest BCUT2D eigenvalue weighted by molar-refractivity contribution is 0.0692. The quantitative estimate of drug-likeness (QED) is 0.872. The van der Waals surface area contributed by atoms with Crippen LogP contribution in [0.4, 0.5) is 0 Å². The van der Waals surface area contributed by atoms with Gasteiger partial charge < -0.3 is 5.11 Å². The zero-order valence-electron chi connectivity index (χ0n) is 10.3. The van der Waals surface area contributed by atoms with Crippen molar-refractivity contribution < 1.29 is 9.90 Å². The number of hydrogen-bond acceptors (Lipinski definition) is 3. The number of carboxylic acid groups (broad SMARTS) is 1. The number of aromatic nitrogens is 1. The molecule has 0 saturated carbocycles. The predicted molar refractivity (Wildman–Crippen MR) is 78.6 cm³/mol. The Morgan fingerprint density at radius 2 is 2.05 bits per heavy atom. The molecule has 3 nitrogen and oxygen atoms in total. The maximum atomic E-state index is 11.3. The Bertz CT molecular complexity index is 638. The lowest BCUT2D eigenvalue weighted by Crippen LogP contribution is -1.99. The van der Waals surface area contributed by atoms with E-state index in [-0.39, 0.29) is 11.6 Å². The van der Waals surface area contributed by atoms with Gasteiger partial charge in [-0.1, -0.05) is 43.1 Å². The summed E-state index contributed by atoms with van der Waals surface area (Å²) in [5, 5.41) is 11.0. The van der Waals surface area contributed by atoms with E-state index in [0.717, 1.165) is 5.01 Å². The fraction of sp³-hybridized carbons (Fsp3) is 0.231. The molecule has 0 radical (unpaired) electrons. The first-order chi connectivity index (χ1) is 8.90. The fourth-order valence-electron chi connectivity index (χ4n) is 1.58. The highest BCUT2D eigenvalue weighted by atomic mass is 35.5. The van der Waals surface area contributed by atoms with E-state index in [0.29, 0.717) is 20.5 Å². The summed E-state index contributed by atoms with van der Waals surface area (Å²) < 4.78 is 0. The van der Waals surface area contributed by atoms with E-state index in [1.54, 1.807) is 18.2 Å². The van der Waals surface area contributed by atoms with Gasteiger partial charge in [0.05, 0.1) is 14.9 Å². The molecule has 1 heterocycles. The summed E-state index contributed by atoms with van der Waals surface area (Å²) in [6, 6.07) is 5.00. The molecule has 0 fully saturated rings. The SMILES string of the molecule is CC(C)c1nc(C(=O)O)c(-c2ccc(Cl)cc2Cl)s1. The van der Waals surface area contributed by atoms with E-state index in [4.69, 9.17) is 23.2 Å². The molecule has 1 aromatic carbocycles. The molecule has 0 unspecified atom stereocenters. The van der Waals surface area contributed by atoms with Crippen molar-refractivity contribution in [2.75, 3.05) is 0 Å². The molecule has 0 aliphatic carbocycles. The van der Waals surface area contributed by atoms with E-state index in [1.165, 1.54) is 11.3 Å². The Morgan fingerprint density at radius 1 is 1.37 bits per heavy atom. The molecule has 19 heavy (non-hydrogen) atoms. The van der Waals surface area contributed by atoms with Gasteiger partial charge in [0.1, 0.15) is 0 Å². The first-order valence-corrected chi connectivity index (χ1v) is 7.16. The van der Waals surface area contributed by atoms with Crippen LogP contribution in [0.15, 0.2) is 18.2 Å². The normalized spacial score (nSPS) is 11.0. The minimum atomic E-state index is -1.05. The number of hydrogen-bond donors (Lipinski definition) is 1. The van der Waals surface area contributed by atoms with Crippen molar-refractivity contribution in [1.82, 2.24) is 4.98 Å². The number of benzene rings is 1. The van der Waals surface area contributed by atoms with Gasteiger partial charge in [0, 0.05) is 16.5 Å². The summed E-state index contributed by atoms with van der Waals surface area (Å²) in [7, 11) is 0. The van der Waals surface area contributed by atoms with Gasteiger partial charge in [0.2, 0.25) is 0 Å². The lowest BCUT2D eigenvalue weighted by atomic mass is 10.1. The fourth-order valence-corrected chi connectivity index (χ4v) is 3.24. The molecule has 0 atom stereocenters. The molecule has 2 rings (SSSR count). The molecule has 1 aromatic heterocycles. The second kappa shape index (κ2) is 5.49. The first kappa shape index (κ1) is 14.3. The first-order valence-electron chi connectivity index (χ1n) is 5.59. The van der Waals surface area contributed by atoms with Crippen LogP contribution in [0.2, 0.25) is 10.0 Å². The molecule has 0 amide bonds. The molecule has 1 N–H and O–H groups in total. The maximum Gasteiger partial charge on any atom is 0.356 e. The molecule has 0 spiro atoms. The average molecular weight is 316 g/mol. The lowest BCUT2D eigenvalue weighted by Gasteiger charge is -2.02. The molecular weight excluding hydrogens is 305 g/mol. The van der Waals surface area contributed by atoms with E-state index < -0.39 is 5.97 Å². The van der Waals surface area contributed by atoms with Crippen molar-refractivity contribution in [2.45, 2.75) is 19.8 Å². The van der Waals surface area contributed by atoms with Crippen LogP contribution in [0.3, 0.4) is 0 Å². The van der Waals surface area contributed by atoms with E-state index >= 15 is 0 Å². The van der Waals surface area contributed by atoms with Gasteiger partial charge in [-0.3, -0.25) is 0 Å². The Labute approximate surface area is 124 Å². The van der Waals surface area contributed by atoms with Gasteiger partial charge in [-0.05, 0) is 12.1 Å². The number of rotatable bonds is 3. The predicted octanol–water partition coefficient (Wildman–Crippen LogP) is 4.94. The molecule has 0 saturated heterocycles. The Balaban J connectivity index is 2.63. The minimum absolute atomic E-state index is 0.0397. The van der Waals surface area contributed by atoms with Crippen molar-refractivity contribution in [1.29, 1.82) is 0 Å². The largest absolute Gasteiger partial charge is 0.476 e. The smallest absolute Gasteiger partial charge is 0.356 e. The molecule has 100 valence electrons. The number of aromatic carboxylic acids is 1. The van der Waals surface area contributed by atoms with Crippen molar-refractivity contribution in [3.63, 3.8) is 0 Å². The Hall–Kier alpha value is -1.10. The zero-order chi connectivity index (χ0) is 14.2. The second-order valence-electron chi connectivity index (χ2n) is 4.31. The van der Waals surface area contributed by atoms with Crippen LogP contribution in [-0.2, 0) is 0 Å². The third-order valence-electron chi connectivity index (χ3n) is 2.52. The number of carboxylic acids is 1. The Morgan fingerprint density at radius 3 is 2.58 bits per heavy atom. The summed E-state index contributed by atoms with van der Waals surface area (Å²) in [6.07, 6.45) is 0.